The average molecular weight is 250 g/mol. The Kier molecular flexibility index (Phi) is 5.17. The largest absolute Gasteiger partial charge is 0.383 e. The third kappa shape index (κ3) is 2.82. The molecule has 1 aromatic rings. The van der Waals surface area contributed by atoms with E-state index in [1.807, 2.05) is 14.0 Å². The van der Waals surface area contributed by atoms with E-state index in [-0.39, 0.29) is 0 Å². The van der Waals surface area contributed by atoms with Gasteiger partial charge in [0.25, 0.3) is 0 Å². The van der Waals surface area contributed by atoms with Crippen LogP contribution in [0.25, 0.3) is 0 Å². The van der Waals surface area contributed by atoms with Crippen molar-refractivity contribution in [1.29, 1.82) is 5.26 Å². The van der Waals surface area contributed by atoms with Gasteiger partial charge in [0, 0.05) is 26.7 Å². The Hall–Kier alpha value is -1.54. The lowest BCUT2D eigenvalue weighted by Gasteiger charge is -2.30. The van der Waals surface area contributed by atoms with E-state index >= 15 is 0 Å². The van der Waals surface area contributed by atoms with Gasteiger partial charge in [-0.25, -0.2) is 0 Å². The lowest BCUT2D eigenvalue weighted by molar-refractivity contribution is 0.203. The Labute approximate surface area is 109 Å². The van der Waals surface area contributed by atoms with E-state index in [1.54, 1.807) is 11.8 Å². The Morgan fingerprint density at radius 3 is 2.72 bits per heavy atom. The summed E-state index contributed by atoms with van der Waals surface area (Å²) in [5.41, 5.74) is 1.44. The van der Waals surface area contributed by atoms with Crippen molar-refractivity contribution in [2.75, 3.05) is 25.2 Å². The van der Waals surface area contributed by atoms with Crippen molar-refractivity contribution in [3.63, 3.8) is 0 Å². The summed E-state index contributed by atoms with van der Waals surface area (Å²) in [6, 6.07) is 2.60. The molecule has 1 heterocycles. The Morgan fingerprint density at radius 2 is 2.22 bits per heavy atom. The number of anilines is 1. The van der Waals surface area contributed by atoms with E-state index in [0.29, 0.717) is 18.2 Å². The summed E-state index contributed by atoms with van der Waals surface area (Å²) < 4.78 is 6.94. The first kappa shape index (κ1) is 14.5. The molecule has 0 bridgehead atoms. The summed E-state index contributed by atoms with van der Waals surface area (Å²) >= 11 is 0. The molecule has 0 aliphatic rings. The number of nitriles is 1. The van der Waals surface area contributed by atoms with E-state index in [9.17, 15) is 5.26 Å². The number of ether oxygens (including phenoxy) is 1. The fourth-order valence-corrected chi connectivity index (χ4v) is 2.05. The summed E-state index contributed by atoms with van der Waals surface area (Å²) in [5.74, 6) is 0.890. The van der Waals surface area contributed by atoms with Gasteiger partial charge in [-0.1, -0.05) is 6.92 Å². The molecule has 1 aromatic heterocycles. The van der Waals surface area contributed by atoms with Crippen molar-refractivity contribution in [2.24, 2.45) is 7.05 Å². The maximum Gasteiger partial charge on any atom is 0.145 e. The van der Waals surface area contributed by atoms with Crippen LogP contribution in [0.15, 0.2) is 0 Å². The molecule has 0 fully saturated rings. The summed E-state index contributed by atoms with van der Waals surface area (Å²) in [5, 5.41) is 13.6. The molecule has 5 nitrogen and oxygen atoms in total. The molecule has 0 saturated heterocycles. The summed E-state index contributed by atoms with van der Waals surface area (Å²) in [6.07, 6.45) is 1.01. The molecule has 1 unspecified atom stereocenters. The van der Waals surface area contributed by atoms with Gasteiger partial charge in [-0.15, -0.1) is 0 Å². The number of hydrogen-bond donors (Lipinski definition) is 0. The second-order valence-electron chi connectivity index (χ2n) is 4.46. The average Bonchev–Trinajstić information content (AvgIpc) is 2.64. The molecule has 1 atom stereocenters. The number of nitrogens with zero attached hydrogens (tertiary/aromatic N) is 4. The standard InChI is InChI=1S/C13H22N4O/c1-6-10(2)17(7-8-18-5)13-12(9-14)11(3)15-16(13)4/h10H,6-8H2,1-5H3. The molecule has 0 aliphatic carbocycles. The molecule has 18 heavy (non-hydrogen) atoms. The topological polar surface area (TPSA) is 54.1 Å². The zero-order valence-electron chi connectivity index (χ0n) is 11.9. The van der Waals surface area contributed by atoms with Gasteiger partial charge in [-0.05, 0) is 20.3 Å². The number of rotatable bonds is 6. The highest BCUT2D eigenvalue weighted by molar-refractivity contribution is 5.57. The number of aryl methyl sites for hydroxylation is 2. The summed E-state index contributed by atoms with van der Waals surface area (Å²) in [7, 11) is 3.57. The minimum absolute atomic E-state index is 0.349. The van der Waals surface area contributed by atoms with Crippen LogP contribution < -0.4 is 4.90 Å². The monoisotopic (exact) mass is 250 g/mol. The van der Waals surface area contributed by atoms with E-state index in [0.717, 1.165) is 24.5 Å². The molecule has 0 aromatic carbocycles. The van der Waals surface area contributed by atoms with Gasteiger partial charge in [0.15, 0.2) is 0 Å². The number of aromatic nitrogens is 2. The fraction of sp³-hybridized carbons (Fsp3) is 0.692. The Morgan fingerprint density at radius 1 is 1.56 bits per heavy atom. The number of methoxy groups -OCH3 is 1. The van der Waals surface area contributed by atoms with Crippen molar-refractivity contribution in [3.05, 3.63) is 11.3 Å². The predicted octanol–water partition coefficient (Wildman–Crippen LogP) is 1.85. The first-order valence-corrected chi connectivity index (χ1v) is 6.26. The second-order valence-corrected chi connectivity index (χ2v) is 4.46. The minimum atomic E-state index is 0.349. The molecular formula is C13H22N4O. The van der Waals surface area contributed by atoms with Gasteiger partial charge in [-0.3, -0.25) is 4.68 Å². The van der Waals surface area contributed by atoms with Crippen molar-refractivity contribution >= 4 is 5.82 Å². The molecule has 0 spiro atoms. The van der Waals surface area contributed by atoms with Crippen LogP contribution in [-0.2, 0) is 11.8 Å². The lowest BCUT2D eigenvalue weighted by atomic mass is 10.2. The van der Waals surface area contributed by atoms with Crippen molar-refractivity contribution < 1.29 is 4.74 Å². The van der Waals surface area contributed by atoms with Crippen molar-refractivity contribution in [1.82, 2.24) is 9.78 Å². The van der Waals surface area contributed by atoms with Crippen LogP contribution in [0, 0.1) is 18.3 Å². The highest BCUT2D eigenvalue weighted by Crippen LogP contribution is 2.24. The third-order valence-corrected chi connectivity index (χ3v) is 3.23. The van der Waals surface area contributed by atoms with Crippen LogP contribution in [0.4, 0.5) is 5.82 Å². The minimum Gasteiger partial charge on any atom is -0.383 e. The van der Waals surface area contributed by atoms with Gasteiger partial charge in [0.05, 0.1) is 12.3 Å². The third-order valence-electron chi connectivity index (χ3n) is 3.23. The molecule has 0 radical (unpaired) electrons. The van der Waals surface area contributed by atoms with Crippen LogP contribution in [0.5, 0.6) is 0 Å². The van der Waals surface area contributed by atoms with Gasteiger partial charge < -0.3 is 9.64 Å². The highest BCUT2D eigenvalue weighted by Gasteiger charge is 2.22. The molecule has 0 N–H and O–H groups in total. The fourth-order valence-electron chi connectivity index (χ4n) is 2.05. The maximum absolute atomic E-state index is 9.28. The molecule has 0 amide bonds. The van der Waals surface area contributed by atoms with Crippen molar-refractivity contribution in [2.45, 2.75) is 33.2 Å². The summed E-state index contributed by atoms with van der Waals surface area (Å²) in [4.78, 5) is 2.20. The first-order chi connectivity index (χ1) is 8.56. The smallest absolute Gasteiger partial charge is 0.145 e. The molecule has 0 aliphatic heterocycles. The van der Waals surface area contributed by atoms with Crippen LogP contribution in [0.1, 0.15) is 31.5 Å². The van der Waals surface area contributed by atoms with E-state index in [1.165, 1.54) is 0 Å². The van der Waals surface area contributed by atoms with Crippen molar-refractivity contribution in [3.8, 4) is 6.07 Å². The lowest BCUT2D eigenvalue weighted by Crippen LogP contribution is -2.37. The van der Waals surface area contributed by atoms with Crippen LogP contribution >= 0.6 is 0 Å². The second kappa shape index (κ2) is 6.41. The van der Waals surface area contributed by atoms with Gasteiger partial charge in [0.1, 0.15) is 17.5 Å². The van der Waals surface area contributed by atoms with E-state index < -0.39 is 0 Å². The molecule has 5 heteroatoms. The maximum atomic E-state index is 9.28. The number of hydrogen-bond acceptors (Lipinski definition) is 4. The SMILES string of the molecule is CCC(C)N(CCOC)c1c(C#N)c(C)nn1C. The molecule has 100 valence electrons. The van der Waals surface area contributed by atoms with E-state index in [4.69, 9.17) is 4.74 Å². The highest BCUT2D eigenvalue weighted by atomic mass is 16.5. The van der Waals surface area contributed by atoms with Gasteiger partial charge in [0.2, 0.25) is 0 Å². The molecular weight excluding hydrogens is 228 g/mol. The van der Waals surface area contributed by atoms with Crippen LogP contribution in [0.3, 0.4) is 0 Å². The predicted molar refractivity (Wildman–Crippen MR) is 71.6 cm³/mol. The quantitative estimate of drug-likeness (QED) is 0.773. The van der Waals surface area contributed by atoms with Gasteiger partial charge >= 0.3 is 0 Å². The first-order valence-electron chi connectivity index (χ1n) is 6.26. The Balaban J connectivity index is 3.16. The van der Waals surface area contributed by atoms with Gasteiger partial charge in [-0.2, -0.15) is 10.4 Å². The zero-order valence-corrected chi connectivity index (χ0v) is 11.9. The van der Waals surface area contributed by atoms with Crippen LogP contribution in [0.2, 0.25) is 0 Å². The van der Waals surface area contributed by atoms with Crippen LogP contribution in [-0.4, -0.2) is 36.1 Å². The normalized spacial score (nSPS) is 12.2. The van der Waals surface area contributed by atoms with E-state index in [2.05, 4.69) is 29.9 Å². The Bertz CT molecular complexity index is 433. The molecule has 0 saturated carbocycles. The summed E-state index contributed by atoms with van der Waals surface area (Å²) in [6.45, 7) is 7.56. The zero-order chi connectivity index (χ0) is 13.7. The molecule has 1 rings (SSSR count).